The number of hydrogen-bond acceptors (Lipinski definition) is 1. The minimum atomic E-state index is -3.39. The molecular weight excluding hydrogens is 247 g/mol. The average molecular weight is 261 g/mol. The Bertz CT molecular complexity index is 145. The summed E-state index contributed by atoms with van der Waals surface area (Å²) in [4.78, 5) is 17.9. The van der Waals surface area contributed by atoms with Crippen molar-refractivity contribution in [3.8, 4) is 0 Å². The molecule has 1 aliphatic heterocycles. The van der Waals surface area contributed by atoms with Gasteiger partial charge in [-0.05, 0) is 25.7 Å². The molecule has 1 aliphatic rings. The van der Waals surface area contributed by atoms with Gasteiger partial charge < -0.3 is 9.79 Å². The van der Waals surface area contributed by atoms with E-state index in [0.29, 0.717) is 25.7 Å². The van der Waals surface area contributed by atoms with Gasteiger partial charge in [-0.3, -0.25) is 4.57 Å². The zero-order chi connectivity index (χ0) is 7.61. The maximum atomic E-state index is 10.9. The van der Waals surface area contributed by atoms with Crippen LogP contribution in [0.3, 0.4) is 0 Å². The lowest BCUT2D eigenvalue weighted by molar-refractivity contribution is 0.394. The Morgan fingerprint density at radius 3 is 1.90 bits per heavy atom. The van der Waals surface area contributed by atoms with E-state index in [0.717, 1.165) is 0 Å². The molecule has 3 nitrogen and oxygen atoms in total. The average Bonchev–Trinajstić information content (AvgIpc) is 1.88. The summed E-state index contributed by atoms with van der Waals surface area (Å²) < 4.78 is 10.9. The van der Waals surface area contributed by atoms with E-state index in [1.807, 2.05) is 0 Å². The van der Waals surface area contributed by atoms with Gasteiger partial charge in [0.25, 0.3) is 7.14 Å². The molecule has 0 unspecified atom stereocenters. The van der Waals surface area contributed by atoms with E-state index in [1.54, 1.807) is 0 Å². The molecule has 0 radical (unpaired) electrons. The fourth-order valence-electron chi connectivity index (χ4n) is 1.42. The van der Waals surface area contributed by atoms with Crippen molar-refractivity contribution in [2.45, 2.75) is 0 Å². The molecule has 10 heteroatoms. The summed E-state index contributed by atoms with van der Waals surface area (Å²) >= 11 is 0. The summed E-state index contributed by atoms with van der Waals surface area (Å²) in [6.07, 6.45) is 0. The first-order valence-corrected chi connectivity index (χ1v) is 29.4. The van der Waals surface area contributed by atoms with Crippen LogP contribution in [0.5, 0.6) is 0 Å². The molecule has 60 valence electrons. The highest BCUT2D eigenvalue weighted by Gasteiger charge is 2.31. The van der Waals surface area contributed by atoms with Crippen molar-refractivity contribution < 1.29 is 14.4 Å². The standard InChI is InChI=1S/H13O3PSi6/c1-4(2,3)10-8-6-5-7-9-10/h10H,5-9H2,(H2,1,2,3). The van der Waals surface area contributed by atoms with Crippen molar-refractivity contribution in [1.29, 1.82) is 0 Å². The second kappa shape index (κ2) is 3.91. The van der Waals surface area contributed by atoms with Gasteiger partial charge in [0.05, 0.1) is 0 Å². The Kier molecular flexibility index (Phi) is 3.73. The second-order valence-electron chi connectivity index (χ2n) is 2.88. The van der Waals surface area contributed by atoms with Gasteiger partial charge in [-0.2, -0.15) is 0 Å². The molecule has 2 N–H and O–H groups in total. The van der Waals surface area contributed by atoms with Gasteiger partial charge in [0, 0.05) is 17.1 Å². The maximum Gasteiger partial charge on any atom is 0.281 e. The normalized spacial score (nSPS) is 40.4. The van der Waals surface area contributed by atoms with Crippen molar-refractivity contribution >= 4 is 57.4 Å². The molecule has 0 saturated carbocycles. The zero-order valence-corrected chi connectivity index (χ0v) is 15.0. The Morgan fingerprint density at radius 1 is 1.10 bits per heavy atom. The molecule has 0 amide bonds. The van der Waals surface area contributed by atoms with Crippen molar-refractivity contribution in [2.24, 2.45) is 0 Å². The summed E-state index contributed by atoms with van der Waals surface area (Å²) in [6, 6.07) is 0. The first-order valence-electron chi connectivity index (χ1n) is 3.66. The predicted octanol–water partition coefficient (Wildman–Crippen LogP) is -5.60. The molecule has 0 atom stereocenters. The molecule has 1 fully saturated rings. The van der Waals surface area contributed by atoms with E-state index < -0.39 is 14.6 Å². The first-order chi connectivity index (χ1) is 4.61. The Hall–Kier alpha value is 1.45. The molecule has 0 bridgehead atoms. The number of hydrogen-bond donors (Lipinski definition) is 2. The van der Waals surface area contributed by atoms with Gasteiger partial charge in [0.1, 0.15) is 7.50 Å². The Labute approximate surface area is 71.9 Å². The highest BCUT2D eigenvalue weighted by Crippen LogP contribution is 2.36. The lowest BCUT2D eigenvalue weighted by Crippen LogP contribution is -2.47. The van der Waals surface area contributed by atoms with Crippen LogP contribution in [0.1, 0.15) is 0 Å². The predicted molar refractivity (Wildman–Crippen MR) is 61.9 cm³/mol. The van der Waals surface area contributed by atoms with E-state index in [2.05, 4.69) is 0 Å². The summed E-state index contributed by atoms with van der Waals surface area (Å²) in [7, 11) is -3.46. The summed E-state index contributed by atoms with van der Waals surface area (Å²) in [5, 5.41) is 0. The van der Waals surface area contributed by atoms with E-state index >= 15 is 0 Å². The molecule has 10 heavy (non-hydrogen) atoms. The van der Waals surface area contributed by atoms with Gasteiger partial charge in [-0.1, -0.05) is 0 Å². The minimum Gasteiger partial charge on any atom is -0.329 e. The van der Waals surface area contributed by atoms with Crippen LogP contribution in [0, 0.1) is 0 Å². The van der Waals surface area contributed by atoms with Gasteiger partial charge >= 0.3 is 0 Å². The van der Waals surface area contributed by atoms with E-state index in [-0.39, 0.29) is 17.1 Å². The van der Waals surface area contributed by atoms with Crippen LogP contribution < -0.4 is 0 Å². The lowest BCUT2D eigenvalue weighted by atomic mass is 15.8. The first kappa shape index (κ1) is 9.54. The van der Waals surface area contributed by atoms with Crippen molar-refractivity contribution in [3.05, 3.63) is 0 Å². The smallest absolute Gasteiger partial charge is 0.281 e. The highest BCUT2D eigenvalue weighted by atomic mass is 31.5. The van der Waals surface area contributed by atoms with Gasteiger partial charge in [-0.25, -0.2) is 0 Å². The molecule has 1 saturated heterocycles. The third-order valence-electron chi connectivity index (χ3n) is 2.05. The van der Waals surface area contributed by atoms with Crippen LogP contribution in [0.4, 0.5) is 0 Å². The van der Waals surface area contributed by atoms with Crippen LogP contribution in [0.2, 0.25) is 0 Å². The molecule has 0 spiro atoms. The maximum absolute atomic E-state index is 10.9. The molecule has 1 heterocycles. The third kappa shape index (κ3) is 2.83. The van der Waals surface area contributed by atoms with Crippen LogP contribution >= 0.6 is 7.14 Å². The lowest BCUT2D eigenvalue weighted by Gasteiger charge is -2.18. The van der Waals surface area contributed by atoms with Crippen LogP contribution in [-0.4, -0.2) is 60.1 Å². The molecular formula is H13O3PSi6. The molecule has 0 aromatic carbocycles. The van der Waals surface area contributed by atoms with Crippen molar-refractivity contribution in [3.63, 3.8) is 0 Å². The summed E-state index contributed by atoms with van der Waals surface area (Å²) in [5.74, 6) is 0. The molecule has 1 rings (SSSR count). The zero-order valence-electron chi connectivity index (χ0n) is 5.86. The molecule has 0 aliphatic carbocycles. The van der Waals surface area contributed by atoms with E-state index in [1.165, 1.54) is 0 Å². The Morgan fingerprint density at radius 2 is 1.60 bits per heavy atom. The van der Waals surface area contributed by atoms with E-state index in [4.69, 9.17) is 9.79 Å². The van der Waals surface area contributed by atoms with Gasteiger partial charge in [0.2, 0.25) is 0 Å². The molecule has 0 aromatic heterocycles. The van der Waals surface area contributed by atoms with Gasteiger partial charge in [0.15, 0.2) is 0 Å². The summed E-state index contributed by atoms with van der Waals surface area (Å²) in [6.45, 7) is 0. The highest BCUT2D eigenvalue weighted by molar-refractivity contribution is 8.12. The van der Waals surface area contributed by atoms with Crippen molar-refractivity contribution in [1.82, 2.24) is 0 Å². The molecule has 0 aromatic rings. The second-order valence-corrected chi connectivity index (χ2v) is 65.7. The summed E-state index contributed by atoms with van der Waals surface area (Å²) in [5.41, 5.74) is 0. The monoisotopic (exact) mass is 260 g/mol. The topological polar surface area (TPSA) is 57.5 Å². The quantitative estimate of drug-likeness (QED) is 0.365. The fraction of sp³-hybridized carbons (Fsp3) is 0. The van der Waals surface area contributed by atoms with Crippen LogP contribution in [0.25, 0.3) is 0 Å². The van der Waals surface area contributed by atoms with Crippen LogP contribution in [0.15, 0.2) is 0 Å². The van der Waals surface area contributed by atoms with E-state index in [9.17, 15) is 4.57 Å². The fourth-order valence-corrected chi connectivity index (χ4v) is 290. The largest absolute Gasteiger partial charge is 0.329 e. The minimum absolute atomic E-state index is 0.00887. The number of rotatable bonds is 1. The third-order valence-corrected chi connectivity index (χ3v) is 140. The van der Waals surface area contributed by atoms with Crippen LogP contribution in [-0.2, 0) is 4.57 Å². The SMILES string of the molecule is O=P(O)(O)[SiH]1[SiH2][SiH2][SiH2][SiH2][SiH2]1. The van der Waals surface area contributed by atoms with Gasteiger partial charge in [-0.15, -0.1) is 0 Å². The van der Waals surface area contributed by atoms with Crippen molar-refractivity contribution in [2.75, 3.05) is 0 Å². The Balaban J connectivity index is 2.47.